The molecule has 1 aromatic carbocycles. The highest BCUT2D eigenvalue weighted by Gasteiger charge is 2.29. The molecular formula is C24H37N5O2. The van der Waals surface area contributed by atoms with Crippen molar-refractivity contribution < 1.29 is 9.53 Å². The molecule has 7 heteroatoms. The zero-order chi connectivity index (χ0) is 22.4. The van der Waals surface area contributed by atoms with Gasteiger partial charge < -0.3 is 26.4 Å². The molecule has 1 saturated heterocycles. The minimum absolute atomic E-state index is 0.125. The monoisotopic (exact) mass is 427 g/mol. The second kappa shape index (κ2) is 10.4. The summed E-state index contributed by atoms with van der Waals surface area (Å²) in [5.74, 6) is 0.384. The molecule has 2 atom stereocenters. The first-order valence-corrected chi connectivity index (χ1v) is 11.4. The van der Waals surface area contributed by atoms with Gasteiger partial charge in [-0.25, -0.2) is 4.98 Å². The van der Waals surface area contributed by atoms with Gasteiger partial charge in [-0.15, -0.1) is 0 Å². The van der Waals surface area contributed by atoms with Gasteiger partial charge in [0.25, 0.3) is 5.91 Å². The van der Waals surface area contributed by atoms with E-state index in [1.807, 2.05) is 31.2 Å². The molecule has 1 fully saturated rings. The maximum Gasteiger partial charge on any atom is 0.256 e. The molecule has 31 heavy (non-hydrogen) atoms. The standard InChI is InChI=1S/C24H37N5O2/c1-5-19(29-24(4)9-12-31-13-10-24)8-11-26-22-20(23(30)27-17(3)25)15-18-14-16(2)6-7-21(18)28-22/h6-7,14-15,17,19,29H,5,8-13,25H2,1-4H3,(H,26,28)(H,27,30). The number of ether oxygens (including phenoxy) is 1. The van der Waals surface area contributed by atoms with Crippen molar-refractivity contribution in [3.8, 4) is 0 Å². The Morgan fingerprint density at radius 3 is 2.71 bits per heavy atom. The van der Waals surface area contributed by atoms with Crippen molar-refractivity contribution in [2.24, 2.45) is 5.73 Å². The molecule has 7 nitrogen and oxygen atoms in total. The van der Waals surface area contributed by atoms with Crippen LogP contribution < -0.4 is 21.7 Å². The fraction of sp³-hybridized carbons (Fsp3) is 0.583. The number of pyridine rings is 1. The molecule has 2 aromatic rings. The molecule has 3 rings (SSSR count). The van der Waals surface area contributed by atoms with Crippen molar-refractivity contribution in [2.45, 2.75) is 71.1 Å². The van der Waals surface area contributed by atoms with Crippen molar-refractivity contribution in [1.29, 1.82) is 0 Å². The van der Waals surface area contributed by atoms with E-state index < -0.39 is 6.17 Å². The number of nitrogens with one attached hydrogen (secondary N) is 3. The lowest BCUT2D eigenvalue weighted by atomic mass is 9.90. The van der Waals surface area contributed by atoms with Crippen LogP contribution in [0, 0.1) is 6.92 Å². The summed E-state index contributed by atoms with van der Waals surface area (Å²) >= 11 is 0. The molecule has 0 radical (unpaired) electrons. The average molecular weight is 428 g/mol. The highest BCUT2D eigenvalue weighted by Crippen LogP contribution is 2.23. The van der Waals surface area contributed by atoms with E-state index in [1.54, 1.807) is 6.92 Å². The van der Waals surface area contributed by atoms with Crippen LogP contribution in [-0.4, -0.2) is 48.4 Å². The molecule has 1 aromatic heterocycles. The number of amides is 1. The van der Waals surface area contributed by atoms with Crippen LogP contribution in [-0.2, 0) is 4.74 Å². The SMILES string of the molecule is CCC(CCNc1nc2ccc(C)cc2cc1C(=O)NC(C)N)NC1(C)CCOCC1. The van der Waals surface area contributed by atoms with Crippen LogP contribution in [0.15, 0.2) is 24.3 Å². The summed E-state index contributed by atoms with van der Waals surface area (Å²) in [6.45, 7) is 10.6. The molecule has 0 spiro atoms. The molecular weight excluding hydrogens is 390 g/mol. The molecule has 0 aliphatic carbocycles. The minimum atomic E-state index is -0.428. The van der Waals surface area contributed by atoms with Gasteiger partial charge in [0.2, 0.25) is 0 Å². The van der Waals surface area contributed by atoms with Gasteiger partial charge in [0, 0.05) is 36.7 Å². The Morgan fingerprint density at radius 1 is 1.29 bits per heavy atom. The van der Waals surface area contributed by atoms with Crippen LogP contribution in [0.5, 0.6) is 0 Å². The lowest BCUT2D eigenvalue weighted by molar-refractivity contribution is 0.0400. The van der Waals surface area contributed by atoms with Crippen LogP contribution in [0.2, 0.25) is 0 Å². The Labute approximate surface area is 185 Å². The first kappa shape index (κ1) is 23.4. The van der Waals surface area contributed by atoms with Crippen molar-refractivity contribution in [2.75, 3.05) is 25.1 Å². The summed E-state index contributed by atoms with van der Waals surface area (Å²) in [7, 11) is 0. The molecule has 0 bridgehead atoms. The predicted molar refractivity (Wildman–Crippen MR) is 126 cm³/mol. The van der Waals surface area contributed by atoms with Gasteiger partial charge in [-0.1, -0.05) is 18.6 Å². The van der Waals surface area contributed by atoms with Crippen molar-refractivity contribution in [3.05, 3.63) is 35.4 Å². The molecule has 1 aliphatic heterocycles. The van der Waals surface area contributed by atoms with E-state index in [4.69, 9.17) is 15.5 Å². The first-order chi connectivity index (χ1) is 14.8. The third kappa shape index (κ3) is 6.38. The number of aryl methyl sites for hydroxylation is 1. The molecule has 170 valence electrons. The number of nitrogens with zero attached hydrogens (tertiary/aromatic N) is 1. The van der Waals surface area contributed by atoms with Crippen LogP contribution >= 0.6 is 0 Å². The van der Waals surface area contributed by atoms with E-state index in [-0.39, 0.29) is 11.4 Å². The summed E-state index contributed by atoms with van der Waals surface area (Å²) in [5, 5.41) is 11.0. The smallest absolute Gasteiger partial charge is 0.256 e. The zero-order valence-electron chi connectivity index (χ0n) is 19.3. The van der Waals surface area contributed by atoms with E-state index in [0.29, 0.717) is 17.4 Å². The normalized spacial score (nSPS) is 17.8. The van der Waals surface area contributed by atoms with Gasteiger partial charge in [0.1, 0.15) is 5.82 Å². The second-order valence-electron chi connectivity index (χ2n) is 8.98. The van der Waals surface area contributed by atoms with Crippen molar-refractivity contribution in [1.82, 2.24) is 15.6 Å². The Kier molecular flexibility index (Phi) is 7.86. The molecule has 2 unspecified atom stereocenters. The zero-order valence-corrected chi connectivity index (χ0v) is 19.3. The number of hydrogen-bond acceptors (Lipinski definition) is 6. The third-order valence-corrected chi connectivity index (χ3v) is 6.00. The average Bonchev–Trinajstić information content (AvgIpc) is 2.72. The van der Waals surface area contributed by atoms with E-state index in [1.165, 1.54) is 0 Å². The summed E-state index contributed by atoms with van der Waals surface area (Å²) in [6, 6.07) is 8.35. The number of anilines is 1. The number of carbonyl (C=O) groups excluding carboxylic acids is 1. The van der Waals surface area contributed by atoms with E-state index >= 15 is 0 Å². The molecule has 0 saturated carbocycles. The van der Waals surface area contributed by atoms with Gasteiger partial charge in [0.15, 0.2) is 0 Å². The minimum Gasteiger partial charge on any atom is -0.381 e. The van der Waals surface area contributed by atoms with Gasteiger partial charge in [-0.2, -0.15) is 0 Å². The van der Waals surface area contributed by atoms with Crippen molar-refractivity contribution >= 4 is 22.6 Å². The second-order valence-corrected chi connectivity index (χ2v) is 8.98. The summed E-state index contributed by atoms with van der Waals surface area (Å²) in [5.41, 5.74) is 8.43. The van der Waals surface area contributed by atoms with E-state index in [2.05, 4.69) is 29.8 Å². The largest absolute Gasteiger partial charge is 0.381 e. The Balaban J connectivity index is 1.72. The maximum atomic E-state index is 12.8. The Bertz CT molecular complexity index is 893. The number of fused-ring (bicyclic) bond motifs is 1. The number of nitrogens with two attached hydrogens (primary N) is 1. The summed E-state index contributed by atoms with van der Waals surface area (Å²) in [6.07, 6.45) is 3.62. The predicted octanol–water partition coefficient (Wildman–Crippen LogP) is 3.32. The van der Waals surface area contributed by atoms with Gasteiger partial charge in [0.05, 0.1) is 17.2 Å². The summed E-state index contributed by atoms with van der Waals surface area (Å²) in [4.78, 5) is 17.5. The Morgan fingerprint density at radius 2 is 2.03 bits per heavy atom. The topological polar surface area (TPSA) is 101 Å². The number of carbonyl (C=O) groups is 1. The number of aromatic nitrogens is 1. The van der Waals surface area contributed by atoms with Gasteiger partial charge in [-0.05, 0) is 64.7 Å². The van der Waals surface area contributed by atoms with E-state index in [0.717, 1.165) is 61.9 Å². The highest BCUT2D eigenvalue weighted by molar-refractivity contribution is 6.02. The van der Waals surface area contributed by atoms with Crippen molar-refractivity contribution in [3.63, 3.8) is 0 Å². The van der Waals surface area contributed by atoms with Gasteiger partial charge >= 0.3 is 0 Å². The number of rotatable bonds is 9. The fourth-order valence-electron chi connectivity index (χ4n) is 4.09. The van der Waals surface area contributed by atoms with Crippen LogP contribution in [0.3, 0.4) is 0 Å². The van der Waals surface area contributed by atoms with E-state index in [9.17, 15) is 4.79 Å². The lowest BCUT2D eigenvalue weighted by Gasteiger charge is -2.38. The van der Waals surface area contributed by atoms with Crippen LogP contribution in [0.25, 0.3) is 10.9 Å². The Hall–Kier alpha value is -2.22. The van der Waals surface area contributed by atoms with Crippen LogP contribution in [0.4, 0.5) is 5.82 Å². The number of benzene rings is 1. The number of hydrogen-bond donors (Lipinski definition) is 4. The highest BCUT2D eigenvalue weighted by atomic mass is 16.5. The third-order valence-electron chi connectivity index (χ3n) is 6.00. The quantitative estimate of drug-likeness (QED) is 0.458. The molecule has 5 N–H and O–H groups in total. The van der Waals surface area contributed by atoms with Gasteiger partial charge in [-0.3, -0.25) is 4.79 Å². The summed E-state index contributed by atoms with van der Waals surface area (Å²) < 4.78 is 5.52. The molecule has 1 aliphatic rings. The first-order valence-electron chi connectivity index (χ1n) is 11.4. The molecule has 1 amide bonds. The maximum absolute atomic E-state index is 12.8. The lowest BCUT2D eigenvalue weighted by Crippen LogP contribution is -2.51. The van der Waals surface area contributed by atoms with Crippen LogP contribution in [0.1, 0.15) is 62.4 Å². The molecule has 2 heterocycles. The fourth-order valence-corrected chi connectivity index (χ4v) is 4.09.